The molecule has 11 heteroatoms. The standard InChI is InChI=1S/C18H22N2O9/c1-9(21)26-8-13-15(27-10(2)22)16(28-11(3)23)14(18(25)29-13)20-17(24)12-6-4-5-7-19-12/h4-7,13-16,18,25H,8H2,1-3H3,(H,20,24)/t13-,14+,15+,16-,18-/m0/s1. The number of aliphatic hydroxyl groups is 1. The van der Waals surface area contributed by atoms with Gasteiger partial charge in [0, 0.05) is 27.0 Å². The summed E-state index contributed by atoms with van der Waals surface area (Å²) in [5, 5.41) is 12.9. The van der Waals surface area contributed by atoms with E-state index in [9.17, 15) is 24.3 Å². The first-order valence-electron chi connectivity index (χ1n) is 8.72. The molecule has 2 rings (SSSR count). The van der Waals surface area contributed by atoms with Crippen LogP contribution in [0.15, 0.2) is 24.4 Å². The molecule has 1 fully saturated rings. The van der Waals surface area contributed by atoms with Crippen LogP contribution in [0.1, 0.15) is 31.3 Å². The van der Waals surface area contributed by atoms with Crippen molar-refractivity contribution in [1.82, 2.24) is 10.3 Å². The maximum Gasteiger partial charge on any atom is 0.303 e. The van der Waals surface area contributed by atoms with E-state index in [1.54, 1.807) is 12.1 Å². The Balaban J connectivity index is 2.30. The Morgan fingerprint density at radius 2 is 1.72 bits per heavy atom. The molecule has 0 bridgehead atoms. The number of carbonyl (C=O) groups is 4. The van der Waals surface area contributed by atoms with Crippen molar-refractivity contribution in [3.05, 3.63) is 30.1 Å². The molecule has 0 aromatic carbocycles. The molecule has 0 spiro atoms. The van der Waals surface area contributed by atoms with Crippen LogP contribution in [-0.4, -0.2) is 71.2 Å². The number of esters is 3. The molecular formula is C18H22N2O9. The fourth-order valence-corrected chi connectivity index (χ4v) is 2.80. The van der Waals surface area contributed by atoms with Gasteiger partial charge >= 0.3 is 17.9 Å². The van der Waals surface area contributed by atoms with Crippen LogP contribution in [0.25, 0.3) is 0 Å². The van der Waals surface area contributed by atoms with Crippen molar-refractivity contribution in [3.63, 3.8) is 0 Å². The van der Waals surface area contributed by atoms with Gasteiger partial charge in [-0.15, -0.1) is 0 Å². The van der Waals surface area contributed by atoms with Crippen LogP contribution in [0.2, 0.25) is 0 Å². The Morgan fingerprint density at radius 1 is 1.07 bits per heavy atom. The molecule has 5 atom stereocenters. The molecule has 2 heterocycles. The first-order chi connectivity index (χ1) is 13.7. The molecule has 1 aromatic heterocycles. The molecule has 1 aromatic rings. The molecule has 0 unspecified atom stereocenters. The van der Waals surface area contributed by atoms with Gasteiger partial charge in [0.2, 0.25) is 0 Å². The zero-order valence-corrected chi connectivity index (χ0v) is 16.1. The average molecular weight is 410 g/mol. The number of carbonyl (C=O) groups excluding carboxylic acids is 4. The Labute approximate surface area is 166 Å². The monoisotopic (exact) mass is 410 g/mol. The zero-order valence-electron chi connectivity index (χ0n) is 16.1. The van der Waals surface area contributed by atoms with Gasteiger partial charge < -0.3 is 29.4 Å². The van der Waals surface area contributed by atoms with E-state index >= 15 is 0 Å². The van der Waals surface area contributed by atoms with Crippen LogP contribution in [0.3, 0.4) is 0 Å². The van der Waals surface area contributed by atoms with Gasteiger partial charge in [-0.2, -0.15) is 0 Å². The lowest BCUT2D eigenvalue weighted by molar-refractivity contribution is -0.263. The Morgan fingerprint density at radius 3 is 2.28 bits per heavy atom. The van der Waals surface area contributed by atoms with Crippen molar-refractivity contribution in [2.24, 2.45) is 0 Å². The van der Waals surface area contributed by atoms with Crippen LogP contribution in [0, 0.1) is 0 Å². The van der Waals surface area contributed by atoms with Gasteiger partial charge in [0.15, 0.2) is 18.5 Å². The van der Waals surface area contributed by atoms with E-state index in [-0.39, 0.29) is 12.3 Å². The molecule has 1 aliphatic heterocycles. The number of amides is 1. The van der Waals surface area contributed by atoms with Crippen molar-refractivity contribution in [2.45, 2.75) is 51.4 Å². The Hall–Kier alpha value is -3.05. The third kappa shape index (κ3) is 6.22. The van der Waals surface area contributed by atoms with Crippen LogP contribution < -0.4 is 5.32 Å². The van der Waals surface area contributed by atoms with Gasteiger partial charge in [-0.25, -0.2) is 0 Å². The number of ether oxygens (including phenoxy) is 4. The maximum atomic E-state index is 12.5. The average Bonchev–Trinajstić information content (AvgIpc) is 2.65. The number of rotatable bonds is 6. The zero-order chi connectivity index (χ0) is 21.6. The molecule has 0 saturated carbocycles. The van der Waals surface area contributed by atoms with Crippen molar-refractivity contribution in [2.75, 3.05) is 6.61 Å². The third-order valence-electron chi connectivity index (χ3n) is 3.92. The quantitative estimate of drug-likeness (QED) is 0.456. The number of aromatic nitrogens is 1. The summed E-state index contributed by atoms with van der Waals surface area (Å²) in [5.41, 5.74) is 0.0485. The summed E-state index contributed by atoms with van der Waals surface area (Å²) in [7, 11) is 0. The minimum atomic E-state index is -1.65. The normalized spacial score (nSPS) is 26.1. The molecule has 11 nitrogen and oxygen atoms in total. The van der Waals surface area contributed by atoms with Crippen molar-refractivity contribution >= 4 is 23.8 Å². The first kappa shape index (κ1) is 22.2. The van der Waals surface area contributed by atoms with E-state index in [1.807, 2.05) is 0 Å². The highest BCUT2D eigenvalue weighted by atomic mass is 16.7. The molecule has 0 aliphatic carbocycles. The molecular weight excluding hydrogens is 388 g/mol. The number of nitrogens with one attached hydrogen (secondary N) is 1. The second kappa shape index (κ2) is 9.94. The highest BCUT2D eigenvalue weighted by Crippen LogP contribution is 2.26. The summed E-state index contributed by atoms with van der Waals surface area (Å²) in [6.45, 7) is 3.04. The Bertz CT molecular complexity index is 755. The maximum absolute atomic E-state index is 12.5. The SMILES string of the molecule is CC(=O)OC[C@@H]1O[C@H](O)[C@H](NC(=O)c2ccccn2)[C@H](OC(C)=O)[C@@H]1OC(C)=O. The molecule has 158 valence electrons. The molecule has 1 amide bonds. The third-order valence-corrected chi connectivity index (χ3v) is 3.92. The number of nitrogens with zero attached hydrogens (tertiary/aromatic N) is 1. The van der Waals surface area contributed by atoms with E-state index in [0.717, 1.165) is 13.8 Å². The van der Waals surface area contributed by atoms with Crippen LogP contribution >= 0.6 is 0 Å². The summed E-state index contributed by atoms with van der Waals surface area (Å²) in [6, 6.07) is 3.37. The fraction of sp³-hybridized carbons (Fsp3) is 0.500. The van der Waals surface area contributed by atoms with Gasteiger partial charge in [0.25, 0.3) is 5.91 Å². The molecule has 29 heavy (non-hydrogen) atoms. The van der Waals surface area contributed by atoms with Crippen LogP contribution in [0.5, 0.6) is 0 Å². The van der Waals surface area contributed by atoms with Gasteiger partial charge in [-0.05, 0) is 12.1 Å². The molecule has 0 radical (unpaired) electrons. The first-order valence-corrected chi connectivity index (χ1v) is 8.72. The predicted molar refractivity (Wildman–Crippen MR) is 94.1 cm³/mol. The highest BCUT2D eigenvalue weighted by molar-refractivity contribution is 5.92. The topological polar surface area (TPSA) is 150 Å². The molecule has 1 aliphatic rings. The minimum absolute atomic E-state index is 0.0485. The predicted octanol–water partition coefficient (Wildman–Crippen LogP) is -0.676. The van der Waals surface area contributed by atoms with E-state index in [4.69, 9.17) is 18.9 Å². The number of hydrogen-bond acceptors (Lipinski definition) is 10. The van der Waals surface area contributed by atoms with Crippen molar-refractivity contribution in [3.8, 4) is 0 Å². The lowest BCUT2D eigenvalue weighted by Crippen LogP contribution is -2.66. The van der Waals surface area contributed by atoms with E-state index in [0.29, 0.717) is 0 Å². The second-order valence-corrected chi connectivity index (χ2v) is 6.23. The van der Waals surface area contributed by atoms with Gasteiger partial charge in [-0.3, -0.25) is 24.2 Å². The van der Waals surface area contributed by atoms with E-state index in [2.05, 4.69) is 10.3 Å². The number of aliphatic hydroxyl groups excluding tert-OH is 1. The van der Waals surface area contributed by atoms with Crippen LogP contribution in [-0.2, 0) is 33.3 Å². The smallest absolute Gasteiger partial charge is 0.303 e. The Kier molecular flexibility index (Phi) is 7.62. The van der Waals surface area contributed by atoms with Crippen molar-refractivity contribution in [1.29, 1.82) is 0 Å². The van der Waals surface area contributed by atoms with Crippen molar-refractivity contribution < 1.29 is 43.2 Å². The largest absolute Gasteiger partial charge is 0.463 e. The summed E-state index contributed by atoms with van der Waals surface area (Å²) >= 11 is 0. The van der Waals surface area contributed by atoms with Gasteiger partial charge in [0.05, 0.1) is 0 Å². The highest BCUT2D eigenvalue weighted by Gasteiger charge is 2.50. The molecule has 1 saturated heterocycles. The van der Waals surface area contributed by atoms with Gasteiger partial charge in [0.1, 0.15) is 24.4 Å². The lowest BCUT2D eigenvalue weighted by Gasteiger charge is -2.43. The second-order valence-electron chi connectivity index (χ2n) is 6.23. The number of hydrogen-bond donors (Lipinski definition) is 2. The summed E-state index contributed by atoms with van der Waals surface area (Å²) in [5.74, 6) is -2.77. The minimum Gasteiger partial charge on any atom is -0.463 e. The summed E-state index contributed by atoms with van der Waals surface area (Å²) in [6.07, 6.45) is -3.95. The number of pyridine rings is 1. The summed E-state index contributed by atoms with van der Waals surface area (Å²) < 4.78 is 20.7. The van der Waals surface area contributed by atoms with Gasteiger partial charge in [-0.1, -0.05) is 6.07 Å². The lowest BCUT2D eigenvalue weighted by atomic mass is 9.96. The molecule has 2 N–H and O–H groups in total. The fourth-order valence-electron chi connectivity index (χ4n) is 2.80. The van der Waals surface area contributed by atoms with E-state index < -0.39 is 54.5 Å². The summed E-state index contributed by atoms with van der Waals surface area (Å²) in [4.78, 5) is 50.7. The van der Waals surface area contributed by atoms with Crippen LogP contribution in [0.4, 0.5) is 0 Å². The van der Waals surface area contributed by atoms with E-state index in [1.165, 1.54) is 19.2 Å².